The number of carbonyl (C=O) groups excluding carboxylic acids is 1. The fourth-order valence-electron chi connectivity index (χ4n) is 1.99. The average Bonchev–Trinajstić information content (AvgIpc) is 2.80. The van der Waals surface area contributed by atoms with E-state index in [0.29, 0.717) is 23.1 Å². The van der Waals surface area contributed by atoms with Crippen LogP contribution in [0.3, 0.4) is 0 Å². The predicted molar refractivity (Wildman–Crippen MR) is 76.3 cm³/mol. The number of rotatable bonds is 2. The zero-order valence-corrected chi connectivity index (χ0v) is 12.2. The van der Waals surface area contributed by atoms with E-state index in [1.165, 1.54) is 6.26 Å². The number of amides is 1. The van der Waals surface area contributed by atoms with Crippen molar-refractivity contribution in [2.24, 2.45) is 5.73 Å². The fraction of sp³-hybridized carbons (Fsp3) is 0.583. The molecule has 102 valence electrons. The quantitative estimate of drug-likeness (QED) is 0.906. The molecule has 2 unspecified atom stereocenters. The molecule has 2 rings (SSSR count). The summed E-state index contributed by atoms with van der Waals surface area (Å²) in [5, 5.41) is 0.480. The van der Waals surface area contributed by atoms with E-state index in [4.69, 9.17) is 10.2 Å². The van der Waals surface area contributed by atoms with Crippen LogP contribution in [0.15, 0.2) is 16.7 Å². The lowest BCUT2D eigenvalue weighted by Gasteiger charge is -2.37. The molecule has 1 aromatic heterocycles. The first-order valence-corrected chi connectivity index (χ1v) is 6.88. The number of halogens is 1. The van der Waals surface area contributed by atoms with Gasteiger partial charge < -0.3 is 15.1 Å². The highest BCUT2D eigenvalue weighted by Gasteiger charge is 2.30. The summed E-state index contributed by atoms with van der Waals surface area (Å²) in [6.07, 6.45) is 1.50. The van der Waals surface area contributed by atoms with Crippen LogP contribution in [0, 0.1) is 0 Å². The zero-order valence-electron chi connectivity index (χ0n) is 10.6. The third kappa shape index (κ3) is 3.02. The number of thioether (sulfide) groups is 1. The summed E-state index contributed by atoms with van der Waals surface area (Å²) in [5.74, 6) is 1.70. The molecule has 0 radical (unpaired) electrons. The highest BCUT2D eigenvalue weighted by atomic mass is 35.5. The maximum atomic E-state index is 12.3. The molecule has 6 heteroatoms. The molecule has 2 atom stereocenters. The van der Waals surface area contributed by atoms with Gasteiger partial charge in [0.2, 0.25) is 0 Å². The molecule has 0 aliphatic carbocycles. The smallest absolute Gasteiger partial charge is 0.257 e. The monoisotopic (exact) mass is 290 g/mol. The van der Waals surface area contributed by atoms with Crippen molar-refractivity contribution < 1.29 is 9.21 Å². The summed E-state index contributed by atoms with van der Waals surface area (Å²) in [6.45, 7) is 5.39. The van der Waals surface area contributed by atoms with Crippen molar-refractivity contribution in [1.29, 1.82) is 0 Å². The van der Waals surface area contributed by atoms with Crippen LogP contribution in [0.2, 0.25) is 0 Å². The Bertz CT molecular complexity index is 411. The van der Waals surface area contributed by atoms with E-state index < -0.39 is 0 Å². The lowest BCUT2D eigenvalue weighted by atomic mass is 10.1. The molecule has 0 aromatic carbocycles. The largest absolute Gasteiger partial charge is 0.467 e. The summed E-state index contributed by atoms with van der Waals surface area (Å²) >= 11 is 1.91. The lowest BCUT2D eigenvalue weighted by Crippen LogP contribution is -2.47. The highest BCUT2D eigenvalue weighted by Crippen LogP contribution is 2.25. The van der Waals surface area contributed by atoms with Gasteiger partial charge in [-0.1, -0.05) is 6.92 Å². The molecule has 0 spiro atoms. The minimum Gasteiger partial charge on any atom is -0.467 e. The minimum atomic E-state index is 0. The topological polar surface area (TPSA) is 59.5 Å². The van der Waals surface area contributed by atoms with E-state index in [0.717, 1.165) is 12.3 Å². The standard InChI is InChI=1S/C12H18N2O2S.ClH/c1-8-9(2)17-4-3-14(8)12(15)10-5-11(6-13)16-7-10;/h5,7-9H,3-4,6,13H2,1-2H3;1H. The highest BCUT2D eigenvalue weighted by molar-refractivity contribution is 8.00. The first kappa shape index (κ1) is 15.4. The Morgan fingerprint density at radius 3 is 2.94 bits per heavy atom. The molecule has 1 aromatic rings. The number of hydrogen-bond acceptors (Lipinski definition) is 4. The Morgan fingerprint density at radius 1 is 1.61 bits per heavy atom. The van der Waals surface area contributed by atoms with Crippen molar-refractivity contribution in [3.63, 3.8) is 0 Å². The number of nitrogens with two attached hydrogens (primary N) is 1. The van der Waals surface area contributed by atoms with Gasteiger partial charge in [0.15, 0.2) is 0 Å². The molecular weight excluding hydrogens is 272 g/mol. The van der Waals surface area contributed by atoms with E-state index in [1.54, 1.807) is 6.07 Å². The van der Waals surface area contributed by atoms with Crippen molar-refractivity contribution in [3.8, 4) is 0 Å². The number of nitrogens with zero attached hydrogens (tertiary/aromatic N) is 1. The van der Waals surface area contributed by atoms with Crippen LogP contribution in [-0.4, -0.2) is 34.4 Å². The third-order valence-corrected chi connectivity index (χ3v) is 4.58. The van der Waals surface area contributed by atoms with Gasteiger partial charge in [0.25, 0.3) is 5.91 Å². The second-order valence-electron chi connectivity index (χ2n) is 4.32. The summed E-state index contributed by atoms with van der Waals surface area (Å²) in [6, 6.07) is 2.00. The van der Waals surface area contributed by atoms with Gasteiger partial charge in [-0.2, -0.15) is 11.8 Å². The van der Waals surface area contributed by atoms with Crippen molar-refractivity contribution in [1.82, 2.24) is 4.90 Å². The Morgan fingerprint density at radius 2 is 2.33 bits per heavy atom. The van der Waals surface area contributed by atoms with Crippen molar-refractivity contribution in [2.45, 2.75) is 31.7 Å². The molecule has 2 heterocycles. The predicted octanol–water partition coefficient (Wildman–Crippen LogP) is 2.13. The zero-order chi connectivity index (χ0) is 12.4. The average molecular weight is 291 g/mol. The van der Waals surface area contributed by atoms with Crippen LogP contribution in [0.4, 0.5) is 0 Å². The third-order valence-electron chi connectivity index (χ3n) is 3.25. The minimum absolute atomic E-state index is 0. The molecule has 1 fully saturated rings. The summed E-state index contributed by atoms with van der Waals surface area (Å²) in [5.41, 5.74) is 6.08. The first-order valence-electron chi connectivity index (χ1n) is 5.83. The van der Waals surface area contributed by atoms with E-state index in [-0.39, 0.29) is 24.4 Å². The molecule has 4 nitrogen and oxygen atoms in total. The molecule has 18 heavy (non-hydrogen) atoms. The van der Waals surface area contributed by atoms with E-state index in [1.807, 2.05) is 16.7 Å². The van der Waals surface area contributed by atoms with Crippen LogP contribution in [0.1, 0.15) is 30.0 Å². The molecule has 1 aliphatic rings. The Kier molecular flexibility index (Phi) is 5.56. The van der Waals surface area contributed by atoms with Crippen LogP contribution < -0.4 is 5.73 Å². The van der Waals surface area contributed by atoms with Gasteiger partial charge in [0.05, 0.1) is 12.1 Å². The van der Waals surface area contributed by atoms with Crippen molar-refractivity contribution in [3.05, 3.63) is 23.7 Å². The van der Waals surface area contributed by atoms with Crippen LogP contribution >= 0.6 is 24.2 Å². The second kappa shape index (κ2) is 6.50. The Balaban J connectivity index is 0.00000162. The normalized spacial score (nSPS) is 23.6. The first-order chi connectivity index (χ1) is 8.13. The SMILES string of the molecule is CC1SCCN(C(=O)c2coc(CN)c2)C1C.Cl. The van der Waals surface area contributed by atoms with Gasteiger partial charge in [-0.25, -0.2) is 0 Å². The molecule has 0 saturated carbocycles. The number of carbonyl (C=O) groups is 1. The molecule has 1 amide bonds. The van der Waals surface area contributed by atoms with Crippen LogP contribution in [0.5, 0.6) is 0 Å². The van der Waals surface area contributed by atoms with E-state index in [9.17, 15) is 4.79 Å². The molecule has 1 aliphatic heterocycles. The van der Waals surface area contributed by atoms with Crippen molar-refractivity contribution >= 4 is 30.1 Å². The van der Waals surface area contributed by atoms with Crippen LogP contribution in [0.25, 0.3) is 0 Å². The van der Waals surface area contributed by atoms with Crippen LogP contribution in [-0.2, 0) is 6.54 Å². The number of hydrogen-bond donors (Lipinski definition) is 1. The van der Waals surface area contributed by atoms with Gasteiger partial charge in [-0.15, -0.1) is 12.4 Å². The second-order valence-corrected chi connectivity index (χ2v) is 5.81. The number of furan rings is 1. The lowest BCUT2D eigenvalue weighted by molar-refractivity contribution is 0.0697. The summed E-state index contributed by atoms with van der Waals surface area (Å²) in [7, 11) is 0. The van der Waals surface area contributed by atoms with Crippen molar-refractivity contribution in [2.75, 3.05) is 12.3 Å². The van der Waals surface area contributed by atoms with Gasteiger partial charge in [-0.3, -0.25) is 4.79 Å². The van der Waals surface area contributed by atoms with E-state index >= 15 is 0 Å². The van der Waals surface area contributed by atoms with Gasteiger partial charge in [0, 0.05) is 23.6 Å². The Hall–Kier alpha value is -0.650. The fourth-order valence-corrected chi connectivity index (χ4v) is 3.08. The van der Waals surface area contributed by atoms with E-state index in [2.05, 4.69) is 13.8 Å². The maximum absolute atomic E-state index is 12.3. The maximum Gasteiger partial charge on any atom is 0.257 e. The summed E-state index contributed by atoms with van der Waals surface area (Å²) in [4.78, 5) is 14.2. The van der Waals surface area contributed by atoms with Gasteiger partial charge in [0.1, 0.15) is 12.0 Å². The summed E-state index contributed by atoms with van der Waals surface area (Å²) < 4.78 is 5.21. The Labute approximate surface area is 118 Å². The molecule has 1 saturated heterocycles. The van der Waals surface area contributed by atoms with Gasteiger partial charge in [-0.05, 0) is 13.0 Å². The molecule has 0 bridgehead atoms. The van der Waals surface area contributed by atoms with Gasteiger partial charge >= 0.3 is 0 Å². The molecular formula is C12H19ClN2O2S. The molecule has 2 N–H and O–H groups in total.